The van der Waals surface area contributed by atoms with E-state index in [1.165, 1.54) is 0 Å². The summed E-state index contributed by atoms with van der Waals surface area (Å²) in [7, 11) is 0. The van der Waals surface area contributed by atoms with Gasteiger partial charge in [-0.2, -0.15) is 0 Å². The van der Waals surface area contributed by atoms with Gasteiger partial charge in [0.1, 0.15) is 5.82 Å². The summed E-state index contributed by atoms with van der Waals surface area (Å²) in [4.78, 5) is 10.1. The summed E-state index contributed by atoms with van der Waals surface area (Å²) in [6, 6.07) is 3.39. The number of nitrogens with two attached hydrogens (primary N) is 1. The predicted octanol–water partition coefficient (Wildman–Crippen LogP) is 0.782. The van der Waals surface area contributed by atoms with Crippen molar-refractivity contribution < 1.29 is 9.31 Å². The van der Waals surface area contributed by atoms with Crippen LogP contribution in [0.1, 0.15) is 5.56 Å². The largest absolute Gasteiger partial charge is 0.329 e. The van der Waals surface area contributed by atoms with Crippen LogP contribution in [0.15, 0.2) is 18.2 Å². The van der Waals surface area contributed by atoms with Crippen LogP contribution in [-0.4, -0.2) is 18.0 Å². The molecule has 1 aromatic carbocycles. The lowest BCUT2D eigenvalue weighted by Gasteiger charge is -2.04. The van der Waals surface area contributed by atoms with Crippen molar-refractivity contribution >= 4 is 5.69 Å². The molecule has 0 aliphatic heterocycles. The highest BCUT2D eigenvalue weighted by molar-refractivity contribution is 5.40. The van der Waals surface area contributed by atoms with Crippen molar-refractivity contribution in [3.8, 4) is 0 Å². The highest BCUT2D eigenvalue weighted by Gasteiger charge is 2.13. The van der Waals surface area contributed by atoms with Crippen LogP contribution in [-0.2, 0) is 6.54 Å². The second kappa shape index (κ2) is 5.38. The molecule has 0 heterocycles. The van der Waals surface area contributed by atoms with Gasteiger partial charge in [-0.15, -0.1) is 0 Å². The van der Waals surface area contributed by atoms with E-state index in [1.807, 2.05) is 0 Å². The van der Waals surface area contributed by atoms with E-state index in [1.54, 1.807) is 0 Å². The molecule has 0 spiro atoms. The zero-order valence-electron chi connectivity index (χ0n) is 8.07. The van der Waals surface area contributed by atoms with E-state index in [0.717, 1.165) is 18.2 Å². The number of halogens is 1. The van der Waals surface area contributed by atoms with Crippen LogP contribution < -0.4 is 11.1 Å². The molecule has 0 aliphatic rings. The fourth-order valence-electron chi connectivity index (χ4n) is 1.20. The topological polar surface area (TPSA) is 81.2 Å². The van der Waals surface area contributed by atoms with Crippen LogP contribution in [0.25, 0.3) is 0 Å². The zero-order chi connectivity index (χ0) is 11.3. The second-order valence-corrected chi connectivity index (χ2v) is 3.00. The maximum atomic E-state index is 12.8. The Hall–Kier alpha value is -1.53. The first kappa shape index (κ1) is 11.5. The number of hydrogen-bond donors (Lipinski definition) is 2. The number of benzene rings is 1. The van der Waals surface area contributed by atoms with E-state index in [-0.39, 0.29) is 12.2 Å². The van der Waals surface area contributed by atoms with Crippen LogP contribution in [0, 0.1) is 15.9 Å². The Kier molecular flexibility index (Phi) is 4.14. The molecule has 6 heteroatoms. The molecule has 0 fully saturated rings. The molecule has 0 aliphatic carbocycles. The Balaban J connectivity index is 2.82. The normalized spacial score (nSPS) is 10.3. The zero-order valence-corrected chi connectivity index (χ0v) is 8.07. The van der Waals surface area contributed by atoms with Crippen molar-refractivity contribution in [3.63, 3.8) is 0 Å². The molecule has 1 aromatic rings. The van der Waals surface area contributed by atoms with Gasteiger partial charge in [-0.3, -0.25) is 10.1 Å². The second-order valence-electron chi connectivity index (χ2n) is 3.00. The summed E-state index contributed by atoms with van der Waals surface area (Å²) in [5.74, 6) is -0.481. The molecule has 0 atom stereocenters. The third-order valence-corrected chi connectivity index (χ3v) is 1.87. The fourth-order valence-corrected chi connectivity index (χ4v) is 1.20. The van der Waals surface area contributed by atoms with Gasteiger partial charge in [0.05, 0.1) is 4.92 Å². The van der Waals surface area contributed by atoms with Crippen LogP contribution in [0.2, 0.25) is 0 Å². The molecule has 1 rings (SSSR count). The van der Waals surface area contributed by atoms with Gasteiger partial charge in [-0.05, 0) is 12.1 Å². The van der Waals surface area contributed by atoms with Crippen LogP contribution in [0.5, 0.6) is 0 Å². The summed E-state index contributed by atoms with van der Waals surface area (Å²) in [5, 5.41) is 13.5. The minimum atomic E-state index is -0.529. The smallest absolute Gasteiger partial charge is 0.274 e. The fraction of sp³-hybridized carbons (Fsp3) is 0.333. The SMILES string of the molecule is NCCNCc1cc(F)ccc1[N+](=O)[O-]. The Bertz CT molecular complexity index is 357. The first-order valence-corrected chi connectivity index (χ1v) is 4.48. The maximum Gasteiger partial charge on any atom is 0.274 e. The van der Waals surface area contributed by atoms with E-state index in [4.69, 9.17) is 5.73 Å². The van der Waals surface area contributed by atoms with Crippen molar-refractivity contribution in [1.29, 1.82) is 0 Å². The van der Waals surface area contributed by atoms with Crippen molar-refractivity contribution in [2.24, 2.45) is 5.73 Å². The first-order chi connectivity index (χ1) is 7.15. The number of nitro groups is 1. The molecular weight excluding hydrogens is 201 g/mol. The van der Waals surface area contributed by atoms with Gasteiger partial charge in [0.25, 0.3) is 5.69 Å². The van der Waals surface area contributed by atoms with Crippen LogP contribution in [0.3, 0.4) is 0 Å². The molecule has 0 saturated heterocycles. The summed E-state index contributed by atoms with van der Waals surface area (Å²) < 4.78 is 12.8. The first-order valence-electron chi connectivity index (χ1n) is 4.48. The van der Waals surface area contributed by atoms with Gasteiger partial charge in [0.2, 0.25) is 0 Å². The summed E-state index contributed by atoms with van der Waals surface area (Å²) >= 11 is 0. The summed E-state index contributed by atoms with van der Waals surface area (Å²) in [6.07, 6.45) is 0. The van der Waals surface area contributed by atoms with E-state index in [9.17, 15) is 14.5 Å². The minimum Gasteiger partial charge on any atom is -0.329 e. The lowest BCUT2D eigenvalue weighted by molar-refractivity contribution is -0.385. The number of rotatable bonds is 5. The minimum absolute atomic E-state index is 0.0825. The molecule has 0 amide bonds. The number of nitro benzene ring substituents is 1. The molecular formula is C9H12FN3O2. The van der Waals surface area contributed by atoms with Gasteiger partial charge < -0.3 is 11.1 Å². The third kappa shape index (κ3) is 3.26. The Morgan fingerprint density at radius 1 is 1.53 bits per heavy atom. The standard InChI is InChI=1S/C9H12FN3O2/c10-8-1-2-9(13(14)15)7(5-8)6-12-4-3-11/h1-2,5,12H,3-4,6,11H2. The molecule has 0 saturated carbocycles. The highest BCUT2D eigenvalue weighted by atomic mass is 19.1. The number of hydrogen-bond acceptors (Lipinski definition) is 4. The van der Waals surface area contributed by atoms with Gasteiger partial charge >= 0.3 is 0 Å². The molecule has 0 bridgehead atoms. The third-order valence-electron chi connectivity index (χ3n) is 1.87. The number of nitrogens with one attached hydrogen (secondary N) is 1. The Morgan fingerprint density at radius 3 is 2.87 bits per heavy atom. The van der Waals surface area contributed by atoms with Crippen LogP contribution >= 0.6 is 0 Å². The van der Waals surface area contributed by atoms with Gasteiger partial charge in [0, 0.05) is 31.3 Å². The average Bonchev–Trinajstić information content (AvgIpc) is 2.18. The molecule has 15 heavy (non-hydrogen) atoms. The molecule has 0 aromatic heterocycles. The van der Waals surface area contributed by atoms with E-state index < -0.39 is 10.7 Å². The van der Waals surface area contributed by atoms with Gasteiger partial charge in [-0.25, -0.2) is 4.39 Å². The Morgan fingerprint density at radius 2 is 2.27 bits per heavy atom. The molecule has 0 unspecified atom stereocenters. The van der Waals surface area contributed by atoms with E-state index in [2.05, 4.69) is 5.32 Å². The average molecular weight is 213 g/mol. The summed E-state index contributed by atoms with van der Waals surface area (Å²) in [6.45, 7) is 1.21. The monoisotopic (exact) mass is 213 g/mol. The van der Waals surface area contributed by atoms with Crippen LogP contribution in [0.4, 0.5) is 10.1 Å². The summed E-state index contributed by atoms with van der Waals surface area (Å²) in [5.41, 5.74) is 5.49. The molecule has 3 N–H and O–H groups in total. The van der Waals surface area contributed by atoms with E-state index >= 15 is 0 Å². The molecule has 82 valence electrons. The molecule has 5 nitrogen and oxygen atoms in total. The van der Waals surface area contributed by atoms with Crippen molar-refractivity contribution in [1.82, 2.24) is 5.32 Å². The predicted molar refractivity (Wildman–Crippen MR) is 53.8 cm³/mol. The van der Waals surface area contributed by atoms with Crippen molar-refractivity contribution in [3.05, 3.63) is 39.7 Å². The van der Waals surface area contributed by atoms with Crippen molar-refractivity contribution in [2.45, 2.75) is 6.54 Å². The Labute approximate surface area is 86.2 Å². The van der Waals surface area contributed by atoms with E-state index in [0.29, 0.717) is 18.7 Å². The highest BCUT2D eigenvalue weighted by Crippen LogP contribution is 2.18. The van der Waals surface area contributed by atoms with Gasteiger partial charge in [0.15, 0.2) is 0 Å². The maximum absolute atomic E-state index is 12.8. The molecule has 0 radical (unpaired) electrons. The lowest BCUT2D eigenvalue weighted by atomic mass is 10.1. The van der Waals surface area contributed by atoms with Gasteiger partial charge in [-0.1, -0.05) is 0 Å². The quantitative estimate of drug-likeness (QED) is 0.430. The lowest BCUT2D eigenvalue weighted by Crippen LogP contribution is -2.22. The van der Waals surface area contributed by atoms with Crippen molar-refractivity contribution in [2.75, 3.05) is 13.1 Å². The number of nitrogens with zero attached hydrogens (tertiary/aromatic N) is 1.